The van der Waals surface area contributed by atoms with Crippen LogP contribution in [0.2, 0.25) is 0 Å². The Morgan fingerprint density at radius 1 is 1.45 bits per heavy atom. The van der Waals surface area contributed by atoms with Gasteiger partial charge in [-0.15, -0.1) is 23.1 Å². The van der Waals surface area contributed by atoms with Gasteiger partial charge < -0.3 is 10.6 Å². The number of hydrogen-bond acceptors (Lipinski definition) is 4. The largest absolute Gasteiger partial charge is 0.398 e. The van der Waals surface area contributed by atoms with Gasteiger partial charge in [0, 0.05) is 22.5 Å². The van der Waals surface area contributed by atoms with E-state index < -0.39 is 0 Å². The van der Waals surface area contributed by atoms with Gasteiger partial charge in [-0.2, -0.15) is 0 Å². The van der Waals surface area contributed by atoms with Crippen LogP contribution in [0, 0.1) is 5.82 Å². The highest BCUT2D eigenvalue weighted by molar-refractivity contribution is 8.00. The van der Waals surface area contributed by atoms with Gasteiger partial charge in [0.25, 0.3) is 0 Å². The fourth-order valence-corrected chi connectivity index (χ4v) is 3.27. The molecule has 2 aromatic rings. The van der Waals surface area contributed by atoms with Gasteiger partial charge >= 0.3 is 0 Å². The number of rotatable bonds is 5. The average molecular weight is 310 g/mol. The highest BCUT2D eigenvalue weighted by atomic mass is 32.2. The lowest BCUT2D eigenvalue weighted by Gasteiger charge is -2.16. The van der Waals surface area contributed by atoms with E-state index in [1.54, 1.807) is 29.4 Å². The minimum atomic E-state index is -0.368. The Kier molecular flexibility index (Phi) is 5.03. The minimum Gasteiger partial charge on any atom is -0.398 e. The van der Waals surface area contributed by atoms with Crippen LogP contribution in [0.5, 0.6) is 0 Å². The summed E-state index contributed by atoms with van der Waals surface area (Å²) in [5.41, 5.74) is 6.07. The molecule has 3 nitrogen and oxygen atoms in total. The standard InChI is InChI=1S/C14H15FN2OS2/c1-17(8-11-3-2-6-19-11)14(18)9-20-13-5-4-10(15)7-12(13)16/h2-7H,8-9,16H2,1H3. The van der Waals surface area contributed by atoms with E-state index >= 15 is 0 Å². The van der Waals surface area contributed by atoms with Crippen LogP contribution < -0.4 is 5.73 Å². The number of benzene rings is 1. The Labute approximate surface area is 125 Å². The van der Waals surface area contributed by atoms with Crippen molar-refractivity contribution >= 4 is 34.7 Å². The second-order valence-electron chi connectivity index (χ2n) is 4.30. The normalized spacial score (nSPS) is 10.5. The summed E-state index contributed by atoms with van der Waals surface area (Å²) in [6.45, 7) is 0.607. The van der Waals surface area contributed by atoms with Gasteiger partial charge in [0.2, 0.25) is 5.91 Å². The summed E-state index contributed by atoms with van der Waals surface area (Å²) in [4.78, 5) is 15.6. The van der Waals surface area contributed by atoms with Crippen molar-refractivity contribution in [3.63, 3.8) is 0 Å². The third-order valence-corrected chi connectivity index (χ3v) is 4.66. The van der Waals surface area contributed by atoms with Gasteiger partial charge in [-0.1, -0.05) is 6.07 Å². The summed E-state index contributed by atoms with van der Waals surface area (Å²) in [5.74, 6) is -0.0577. The number of hydrogen-bond donors (Lipinski definition) is 1. The van der Waals surface area contributed by atoms with E-state index in [0.29, 0.717) is 12.2 Å². The SMILES string of the molecule is CN(Cc1cccs1)C(=O)CSc1ccc(F)cc1N. The van der Waals surface area contributed by atoms with Crippen LogP contribution in [0.3, 0.4) is 0 Å². The molecule has 1 heterocycles. The van der Waals surface area contributed by atoms with Crippen LogP contribution in [-0.4, -0.2) is 23.6 Å². The number of nitrogens with two attached hydrogens (primary N) is 1. The molecule has 0 aliphatic carbocycles. The van der Waals surface area contributed by atoms with E-state index in [4.69, 9.17) is 5.73 Å². The average Bonchev–Trinajstić information content (AvgIpc) is 2.90. The fraction of sp³-hybridized carbons (Fsp3) is 0.214. The van der Waals surface area contributed by atoms with Crippen LogP contribution >= 0.6 is 23.1 Å². The Bertz CT molecular complexity index is 587. The molecule has 1 aromatic carbocycles. The molecule has 0 unspecified atom stereocenters. The maximum atomic E-state index is 12.9. The van der Waals surface area contributed by atoms with Crippen LogP contribution in [0.4, 0.5) is 10.1 Å². The molecule has 0 fully saturated rings. The Morgan fingerprint density at radius 3 is 2.90 bits per heavy atom. The summed E-state index contributed by atoms with van der Waals surface area (Å²) < 4.78 is 12.9. The Balaban J connectivity index is 1.88. The molecule has 0 atom stereocenters. The molecule has 0 aliphatic rings. The first kappa shape index (κ1) is 14.9. The monoisotopic (exact) mass is 310 g/mol. The maximum Gasteiger partial charge on any atom is 0.233 e. The number of carbonyl (C=O) groups is 1. The van der Waals surface area contributed by atoms with E-state index in [-0.39, 0.29) is 17.5 Å². The quantitative estimate of drug-likeness (QED) is 0.681. The summed E-state index contributed by atoms with van der Waals surface area (Å²) in [6.07, 6.45) is 0. The van der Waals surface area contributed by atoms with Crippen molar-refractivity contribution in [2.75, 3.05) is 18.5 Å². The van der Waals surface area contributed by atoms with Crippen molar-refractivity contribution in [3.8, 4) is 0 Å². The van der Waals surface area contributed by atoms with Crippen LogP contribution in [0.1, 0.15) is 4.88 Å². The molecule has 0 saturated carbocycles. The van der Waals surface area contributed by atoms with Crippen LogP contribution in [-0.2, 0) is 11.3 Å². The number of carbonyl (C=O) groups excluding carboxylic acids is 1. The first-order valence-corrected chi connectivity index (χ1v) is 7.87. The Hall–Kier alpha value is -1.53. The van der Waals surface area contributed by atoms with Crippen LogP contribution in [0.15, 0.2) is 40.6 Å². The molecular weight excluding hydrogens is 295 g/mol. The molecule has 6 heteroatoms. The molecule has 1 aromatic heterocycles. The molecule has 0 bridgehead atoms. The van der Waals surface area contributed by atoms with E-state index in [0.717, 1.165) is 9.77 Å². The van der Waals surface area contributed by atoms with E-state index in [9.17, 15) is 9.18 Å². The zero-order chi connectivity index (χ0) is 14.5. The molecule has 20 heavy (non-hydrogen) atoms. The fourth-order valence-electron chi connectivity index (χ4n) is 1.62. The topological polar surface area (TPSA) is 46.3 Å². The van der Waals surface area contributed by atoms with Crippen molar-refractivity contribution < 1.29 is 9.18 Å². The lowest BCUT2D eigenvalue weighted by molar-refractivity contribution is -0.127. The first-order chi connectivity index (χ1) is 9.56. The summed E-state index contributed by atoms with van der Waals surface area (Å²) in [5, 5.41) is 1.99. The summed E-state index contributed by atoms with van der Waals surface area (Å²) >= 11 is 2.95. The van der Waals surface area contributed by atoms with Crippen LogP contribution in [0.25, 0.3) is 0 Å². The molecule has 106 valence electrons. The highest BCUT2D eigenvalue weighted by Crippen LogP contribution is 2.25. The van der Waals surface area contributed by atoms with Crippen molar-refractivity contribution in [3.05, 3.63) is 46.4 Å². The number of nitrogen functional groups attached to an aromatic ring is 1. The maximum absolute atomic E-state index is 12.9. The molecule has 1 amide bonds. The van der Waals surface area contributed by atoms with Gasteiger partial charge in [-0.3, -0.25) is 4.79 Å². The second kappa shape index (κ2) is 6.76. The Morgan fingerprint density at radius 2 is 2.25 bits per heavy atom. The predicted octanol–water partition coefficient (Wildman–Crippen LogP) is 3.22. The van der Waals surface area contributed by atoms with Crippen molar-refractivity contribution in [1.29, 1.82) is 0 Å². The van der Waals surface area contributed by atoms with Gasteiger partial charge in [-0.05, 0) is 29.6 Å². The smallest absolute Gasteiger partial charge is 0.233 e. The van der Waals surface area contributed by atoms with Gasteiger partial charge in [0.15, 0.2) is 0 Å². The zero-order valence-electron chi connectivity index (χ0n) is 11.0. The van der Waals surface area contributed by atoms with Gasteiger partial charge in [-0.25, -0.2) is 4.39 Å². The number of nitrogens with zero attached hydrogens (tertiary/aromatic N) is 1. The zero-order valence-corrected chi connectivity index (χ0v) is 12.6. The van der Waals surface area contributed by atoms with Gasteiger partial charge in [0.1, 0.15) is 5.82 Å². The third kappa shape index (κ3) is 3.98. The minimum absolute atomic E-state index is 0.0205. The third-order valence-electron chi connectivity index (χ3n) is 2.72. The lowest BCUT2D eigenvalue weighted by Crippen LogP contribution is -2.27. The molecule has 0 saturated heterocycles. The number of thiophene rings is 1. The first-order valence-electron chi connectivity index (χ1n) is 6.00. The lowest BCUT2D eigenvalue weighted by atomic mass is 10.3. The number of halogens is 1. The molecular formula is C14H15FN2OS2. The van der Waals surface area contributed by atoms with Crippen molar-refractivity contribution in [2.24, 2.45) is 0 Å². The van der Waals surface area contributed by atoms with E-state index in [1.807, 2.05) is 17.5 Å². The van der Waals surface area contributed by atoms with Gasteiger partial charge in [0.05, 0.1) is 12.3 Å². The predicted molar refractivity (Wildman–Crippen MR) is 82.3 cm³/mol. The number of thioether (sulfide) groups is 1. The van der Waals surface area contributed by atoms with E-state index in [1.165, 1.54) is 23.9 Å². The molecule has 2 N–H and O–H groups in total. The van der Waals surface area contributed by atoms with E-state index in [2.05, 4.69) is 0 Å². The molecule has 0 spiro atoms. The molecule has 0 radical (unpaired) electrons. The van der Waals surface area contributed by atoms with Crippen molar-refractivity contribution in [1.82, 2.24) is 4.90 Å². The summed E-state index contributed by atoms with van der Waals surface area (Å²) in [6, 6.07) is 8.18. The molecule has 2 rings (SSSR count). The summed E-state index contributed by atoms with van der Waals surface area (Å²) in [7, 11) is 1.77. The second-order valence-corrected chi connectivity index (χ2v) is 6.35. The highest BCUT2D eigenvalue weighted by Gasteiger charge is 2.11. The number of amides is 1. The molecule has 0 aliphatic heterocycles. The number of anilines is 1. The van der Waals surface area contributed by atoms with Crippen molar-refractivity contribution in [2.45, 2.75) is 11.4 Å².